The molecule has 0 radical (unpaired) electrons. The lowest BCUT2D eigenvalue weighted by molar-refractivity contribution is -0.220. The van der Waals surface area contributed by atoms with Crippen LogP contribution in [0.5, 0.6) is 0 Å². The number of allylic oxidation sites excluding steroid dienone is 12. The molecule has 0 aromatic rings. The second-order valence-electron chi connectivity index (χ2n) is 16.1. The first-order chi connectivity index (χ1) is 30.8. The van der Waals surface area contributed by atoms with Gasteiger partial charge in [0, 0.05) is 12.8 Å². The zero-order valence-corrected chi connectivity index (χ0v) is 39.3. The smallest absolute Gasteiger partial charge is 0.462 e. The van der Waals surface area contributed by atoms with Crippen molar-refractivity contribution in [1.29, 1.82) is 0 Å². The van der Waals surface area contributed by atoms with Crippen molar-refractivity contribution in [1.82, 2.24) is 0 Å². The lowest BCUT2D eigenvalue weighted by Crippen LogP contribution is -2.64. The summed E-state index contributed by atoms with van der Waals surface area (Å²) < 4.78 is 33.4. The van der Waals surface area contributed by atoms with Crippen LogP contribution in [0.2, 0.25) is 0 Å². The average molecular weight is 925 g/mol. The van der Waals surface area contributed by atoms with E-state index in [1.54, 1.807) is 6.08 Å². The normalized spacial score (nSPS) is 22.8. The fourth-order valence-corrected chi connectivity index (χ4v) is 7.48. The number of phosphoric acid groups is 1. The number of aliphatic hydroxyl groups excluding tert-OH is 6. The van der Waals surface area contributed by atoms with Gasteiger partial charge in [-0.15, -0.1) is 0 Å². The van der Waals surface area contributed by atoms with Gasteiger partial charge in [0.1, 0.15) is 43.2 Å². The molecule has 0 aliphatic heterocycles. The van der Waals surface area contributed by atoms with Crippen LogP contribution < -0.4 is 0 Å². The molecule has 14 nitrogen and oxygen atoms in total. The topological polar surface area (TPSA) is 230 Å². The molecule has 7 N–H and O–H groups in total. The fraction of sp³-hybridized carbons (Fsp3) is 0.673. The van der Waals surface area contributed by atoms with Gasteiger partial charge in [0.2, 0.25) is 0 Å². The first kappa shape index (κ1) is 59.0. The molecule has 1 aliphatic carbocycles. The number of rotatable bonds is 37. The van der Waals surface area contributed by atoms with Crippen molar-refractivity contribution in [2.45, 2.75) is 198 Å². The van der Waals surface area contributed by atoms with Crippen LogP contribution in [0.4, 0.5) is 0 Å². The lowest BCUT2D eigenvalue weighted by atomic mass is 9.85. The summed E-state index contributed by atoms with van der Waals surface area (Å²) in [6.45, 7) is 3.00. The standard InChI is InChI=1S/C49H81O14P/c1-3-5-7-8-9-10-11-12-13-16-20-23-26-29-33-37-43(52)62-41(39-61-64(58,59)63-49-47(56)45(54)44(53)46(55)48(49)57)38-60-42(51)36-32-28-25-22-19-17-14-15-18-21-24-27-31-35-40(50)34-30-6-4-2/h6,10-11,15,17-19,24-25,27-28,30-31,35,40-41,44-50,53-57H,3-5,7-9,12-14,16,20-23,26,29,32-34,36-39H2,1-2H3,(H,58,59)/b11-10-,18-15-,19-17-,27-24+,28-25-,30-6-,35-31+/t40?,41-,44?,45-,46+,47-,48-,49?/m1/s1. The molecule has 0 heterocycles. The molecule has 1 fully saturated rings. The molecule has 9 atom stereocenters. The summed E-state index contributed by atoms with van der Waals surface area (Å²) in [5, 5.41) is 60.0. The van der Waals surface area contributed by atoms with Crippen molar-refractivity contribution < 1.29 is 68.2 Å². The molecule has 0 amide bonds. The third-order valence-corrected chi connectivity index (χ3v) is 11.3. The first-order valence-electron chi connectivity index (χ1n) is 23.5. The van der Waals surface area contributed by atoms with E-state index in [4.69, 9.17) is 18.5 Å². The minimum Gasteiger partial charge on any atom is -0.462 e. The molecule has 366 valence electrons. The fourth-order valence-electron chi connectivity index (χ4n) is 6.51. The van der Waals surface area contributed by atoms with Crippen molar-refractivity contribution in [3.8, 4) is 0 Å². The van der Waals surface area contributed by atoms with Crippen molar-refractivity contribution in [2.24, 2.45) is 0 Å². The van der Waals surface area contributed by atoms with E-state index in [-0.39, 0.29) is 12.8 Å². The maximum Gasteiger partial charge on any atom is 0.472 e. The Morgan fingerprint density at radius 3 is 1.72 bits per heavy atom. The van der Waals surface area contributed by atoms with Crippen molar-refractivity contribution in [2.75, 3.05) is 13.2 Å². The van der Waals surface area contributed by atoms with E-state index >= 15 is 0 Å². The van der Waals surface area contributed by atoms with Gasteiger partial charge in [0.15, 0.2) is 6.10 Å². The van der Waals surface area contributed by atoms with Crippen LogP contribution in [-0.4, -0.2) is 110 Å². The Kier molecular flexibility index (Phi) is 35.2. The second kappa shape index (κ2) is 38.1. The highest BCUT2D eigenvalue weighted by Crippen LogP contribution is 2.47. The molecule has 1 rings (SSSR count). The molecule has 0 aromatic heterocycles. The Bertz CT molecular complexity index is 1460. The molecule has 4 unspecified atom stereocenters. The van der Waals surface area contributed by atoms with Gasteiger partial charge >= 0.3 is 19.8 Å². The molecular formula is C49H81O14P. The van der Waals surface area contributed by atoms with Gasteiger partial charge in [0.25, 0.3) is 0 Å². The van der Waals surface area contributed by atoms with Gasteiger partial charge in [-0.25, -0.2) is 4.57 Å². The van der Waals surface area contributed by atoms with Crippen molar-refractivity contribution >= 4 is 19.8 Å². The second-order valence-corrected chi connectivity index (χ2v) is 17.5. The predicted octanol–water partition coefficient (Wildman–Crippen LogP) is 8.25. The Morgan fingerprint density at radius 2 is 1.11 bits per heavy atom. The Balaban J connectivity index is 2.53. The van der Waals surface area contributed by atoms with Crippen LogP contribution in [0.3, 0.4) is 0 Å². The number of carbonyl (C=O) groups is 2. The number of ether oxygens (including phenoxy) is 2. The lowest BCUT2D eigenvalue weighted by Gasteiger charge is -2.41. The van der Waals surface area contributed by atoms with Crippen molar-refractivity contribution in [3.63, 3.8) is 0 Å². The summed E-state index contributed by atoms with van der Waals surface area (Å²) in [4.78, 5) is 35.7. The SMILES string of the molecule is CC/C=C\CC(O)/C=C/C=C/C/C=C\C/C=C\C/C=C\CCC(=O)OC[C@H](COP(=O)(O)OC1[C@H](O)[C@H](O)C(O)[C@H](O)[C@H]1O)OC(=O)CCCCCCCCC/C=C\CCCCCC. The number of hydrogen-bond acceptors (Lipinski definition) is 13. The molecule has 64 heavy (non-hydrogen) atoms. The summed E-state index contributed by atoms with van der Waals surface area (Å²) in [7, 11) is -5.15. The van der Waals surface area contributed by atoms with Gasteiger partial charge in [-0.1, -0.05) is 150 Å². The first-order valence-corrected chi connectivity index (χ1v) is 25.0. The molecule has 0 spiro atoms. The van der Waals surface area contributed by atoms with Crippen LogP contribution in [-0.2, 0) is 32.7 Å². The minimum atomic E-state index is -5.15. The Labute approximate surface area is 382 Å². The number of unbranched alkanes of at least 4 members (excludes halogenated alkanes) is 11. The van der Waals surface area contributed by atoms with Gasteiger partial charge in [-0.05, 0) is 70.6 Å². The number of hydrogen-bond donors (Lipinski definition) is 7. The van der Waals surface area contributed by atoms with E-state index < -0.39 is 81.8 Å². The highest BCUT2D eigenvalue weighted by molar-refractivity contribution is 7.47. The highest BCUT2D eigenvalue weighted by atomic mass is 31.2. The minimum absolute atomic E-state index is 0.0213. The Hall–Kier alpha value is -3.01. The zero-order valence-electron chi connectivity index (χ0n) is 38.4. The van der Waals surface area contributed by atoms with E-state index in [0.29, 0.717) is 25.7 Å². The number of phosphoric ester groups is 1. The molecule has 0 saturated heterocycles. The van der Waals surface area contributed by atoms with Crippen LogP contribution in [0.15, 0.2) is 85.1 Å². The summed E-state index contributed by atoms with van der Waals surface area (Å²) in [5.41, 5.74) is 0. The van der Waals surface area contributed by atoms with E-state index in [2.05, 4.69) is 38.2 Å². The van der Waals surface area contributed by atoms with E-state index in [0.717, 1.165) is 70.6 Å². The molecule has 0 bridgehead atoms. The number of aliphatic hydroxyl groups is 6. The van der Waals surface area contributed by atoms with E-state index in [1.807, 2.05) is 54.7 Å². The summed E-state index contributed by atoms with van der Waals surface area (Å²) in [6, 6.07) is 0. The van der Waals surface area contributed by atoms with Gasteiger partial charge < -0.3 is 45.0 Å². The predicted molar refractivity (Wildman–Crippen MR) is 250 cm³/mol. The average Bonchev–Trinajstić information content (AvgIpc) is 3.27. The molecule has 1 aliphatic rings. The van der Waals surface area contributed by atoms with Crippen LogP contribution in [0.25, 0.3) is 0 Å². The summed E-state index contributed by atoms with van der Waals surface area (Å²) in [6.07, 6.45) is 32.6. The van der Waals surface area contributed by atoms with Crippen LogP contribution >= 0.6 is 7.82 Å². The van der Waals surface area contributed by atoms with Crippen LogP contribution in [0.1, 0.15) is 149 Å². The van der Waals surface area contributed by atoms with Gasteiger partial charge in [0.05, 0.1) is 12.7 Å². The highest BCUT2D eigenvalue weighted by Gasteiger charge is 2.51. The maximum absolute atomic E-state index is 12.8. The van der Waals surface area contributed by atoms with E-state index in [1.165, 1.54) is 25.7 Å². The molecule has 15 heteroatoms. The van der Waals surface area contributed by atoms with E-state index in [9.17, 15) is 49.7 Å². The Morgan fingerprint density at radius 1 is 0.578 bits per heavy atom. The summed E-state index contributed by atoms with van der Waals surface area (Å²) in [5.74, 6) is -1.23. The summed E-state index contributed by atoms with van der Waals surface area (Å²) >= 11 is 0. The maximum atomic E-state index is 12.8. The van der Waals surface area contributed by atoms with Crippen molar-refractivity contribution in [3.05, 3.63) is 85.1 Å². The molecular weight excluding hydrogens is 843 g/mol. The van der Waals surface area contributed by atoms with Gasteiger partial charge in [-0.2, -0.15) is 0 Å². The largest absolute Gasteiger partial charge is 0.472 e. The quantitative estimate of drug-likeness (QED) is 0.0102. The molecule has 0 aromatic carbocycles. The third kappa shape index (κ3) is 30.2. The molecule has 1 saturated carbocycles. The third-order valence-electron chi connectivity index (χ3n) is 10.3. The monoisotopic (exact) mass is 925 g/mol. The van der Waals surface area contributed by atoms with Gasteiger partial charge in [-0.3, -0.25) is 18.6 Å². The number of carbonyl (C=O) groups excluding carboxylic acids is 2. The van der Waals surface area contributed by atoms with Crippen LogP contribution in [0, 0.1) is 0 Å². The number of esters is 2. The zero-order chi connectivity index (χ0) is 47.3.